The van der Waals surface area contributed by atoms with Crippen molar-refractivity contribution in [1.29, 1.82) is 0 Å². The Bertz CT molecular complexity index is 611. The van der Waals surface area contributed by atoms with Crippen molar-refractivity contribution in [2.75, 3.05) is 13.7 Å². The van der Waals surface area contributed by atoms with Gasteiger partial charge in [-0.25, -0.2) is 0 Å². The standard InChI is InChI=1S/C17H23N3O2/c1-20-12-14(11-19-20)17-15(7-5-9-22-17)18-10-13-6-3-4-8-16(13)21-2/h3-4,6,8,11-12,15,17-18H,5,7,9-10H2,1-2H3/t15-,17+/m0/s1. The molecule has 5 heteroatoms. The van der Waals surface area contributed by atoms with Crippen LogP contribution in [0.4, 0.5) is 0 Å². The first kappa shape index (κ1) is 15.1. The Hall–Kier alpha value is -1.85. The number of hydrogen-bond acceptors (Lipinski definition) is 4. The first-order valence-electron chi connectivity index (χ1n) is 7.73. The highest BCUT2D eigenvalue weighted by molar-refractivity contribution is 5.33. The Balaban J connectivity index is 1.69. The Morgan fingerprint density at radius 3 is 3.05 bits per heavy atom. The number of nitrogens with zero attached hydrogens (tertiary/aromatic N) is 2. The molecule has 1 saturated heterocycles. The topological polar surface area (TPSA) is 48.3 Å². The molecule has 0 saturated carbocycles. The number of nitrogens with one attached hydrogen (secondary N) is 1. The molecular weight excluding hydrogens is 278 g/mol. The summed E-state index contributed by atoms with van der Waals surface area (Å²) in [6.45, 7) is 1.58. The normalized spacial score (nSPS) is 21.7. The number of aromatic nitrogens is 2. The van der Waals surface area contributed by atoms with Crippen LogP contribution in [-0.2, 0) is 18.3 Å². The summed E-state index contributed by atoms with van der Waals surface area (Å²) in [5.74, 6) is 0.921. The molecule has 0 bridgehead atoms. The highest BCUT2D eigenvalue weighted by atomic mass is 16.5. The van der Waals surface area contributed by atoms with Crippen LogP contribution >= 0.6 is 0 Å². The first-order valence-corrected chi connectivity index (χ1v) is 7.73. The second-order valence-electron chi connectivity index (χ2n) is 5.68. The zero-order valence-electron chi connectivity index (χ0n) is 13.2. The van der Waals surface area contributed by atoms with Crippen LogP contribution in [0, 0.1) is 0 Å². The van der Waals surface area contributed by atoms with E-state index in [0.717, 1.165) is 37.3 Å². The van der Waals surface area contributed by atoms with E-state index in [-0.39, 0.29) is 6.10 Å². The summed E-state index contributed by atoms with van der Waals surface area (Å²) in [5, 5.41) is 7.89. The van der Waals surface area contributed by atoms with E-state index in [9.17, 15) is 0 Å². The average Bonchev–Trinajstić information content (AvgIpc) is 3.00. The molecule has 0 radical (unpaired) electrons. The number of ether oxygens (including phenoxy) is 2. The van der Waals surface area contributed by atoms with Crippen LogP contribution in [0.25, 0.3) is 0 Å². The lowest BCUT2D eigenvalue weighted by atomic mass is 9.98. The minimum Gasteiger partial charge on any atom is -0.496 e. The van der Waals surface area contributed by atoms with Crippen LogP contribution in [0.1, 0.15) is 30.1 Å². The molecule has 1 aliphatic rings. The Kier molecular flexibility index (Phi) is 4.75. The molecule has 0 amide bonds. The van der Waals surface area contributed by atoms with Crippen molar-refractivity contribution >= 4 is 0 Å². The Morgan fingerprint density at radius 1 is 1.41 bits per heavy atom. The maximum absolute atomic E-state index is 5.99. The fourth-order valence-electron chi connectivity index (χ4n) is 3.00. The first-order chi connectivity index (χ1) is 10.8. The molecule has 3 rings (SSSR count). The van der Waals surface area contributed by atoms with Crippen LogP contribution in [0.5, 0.6) is 5.75 Å². The molecule has 1 aromatic carbocycles. The van der Waals surface area contributed by atoms with Crippen molar-refractivity contribution in [3.63, 3.8) is 0 Å². The van der Waals surface area contributed by atoms with Crippen molar-refractivity contribution in [1.82, 2.24) is 15.1 Å². The van der Waals surface area contributed by atoms with Crippen LogP contribution in [0.2, 0.25) is 0 Å². The zero-order chi connectivity index (χ0) is 15.4. The molecule has 5 nitrogen and oxygen atoms in total. The molecule has 2 aromatic rings. The van der Waals surface area contributed by atoms with Crippen LogP contribution in [-0.4, -0.2) is 29.5 Å². The summed E-state index contributed by atoms with van der Waals surface area (Å²) in [7, 11) is 3.64. The van der Waals surface area contributed by atoms with Gasteiger partial charge in [0.05, 0.1) is 13.3 Å². The minimum absolute atomic E-state index is 0.0668. The molecule has 1 aromatic heterocycles. The highest BCUT2D eigenvalue weighted by Gasteiger charge is 2.28. The van der Waals surface area contributed by atoms with Gasteiger partial charge in [-0.3, -0.25) is 4.68 Å². The van der Waals surface area contributed by atoms with Crippen molar-refractivity contribution in [2.24, 2.45) is 7.05 Å². The van der Waals surface area contributed by atoms with Gasteiger partial charge in [-0.15, -0.1) is 0 Å². The van der Waals surface area contributed by atoms with E-state index in [1.54, 1.807) is 7.11 Å². The van der Waals surface area contributed by atoms with Gasteiger partial charge >= 0.3 is 0 Å². The van der Waals surface area contributed by atoms with Gasteiger partial charge in [0, 0.05) is 43.6 Å². The second-order valence-corrected chi connectivity index (χ2v) is 5.68. The molecular formula is C17H23N3O2. The third-order valence-corrected chi connectivity index (χ3v) is 4.12. The predicted octanol–water partition coefficient (Wildman–Crippen LogP) is 2.44. The molecule has 0 aliphatic carbocycles. The van der Waals surface area contributed by atoms with Crippen molar-refractivity contribution < 1.29 is 9.47 Å². The van der Waals surface area contributed by atoms with Crippen LogP contribution in [0.3, 0.4) is 0 Å². The Morgan fingerprint density at radius 2 is 2.27 bits per heavy atom. The fourth-order valence-corrected chi connectivity index (χ4v) is 3.00. The summed E-state index contributed by atoms with van der Waals surface area (Å²) in [6, 6.07) is 8.41. The van der Waals surface area contributed by atoms with E-state index in [1.165, 1.54) is 5.56 Å². The SMILES string of the molecule is COc1ccccc1CN[C@H]1CCCO[C@@H]1c1cnn(C)c1. The lowest BCUT2D eigenvalue weighted by molar-refractivity contribution is -0.0112. The minimum atomic E-state index is 0.0668. The van der Waals surface area contributed by atoms with E-state index in [2.05, 4.69) is 16.5 Å². The summed E-state index contributed by atoms with van der Waals surface area (Å²) < 4.78 is 13.2. The molecule has 0 spiro atoms. The quantitative estimate of drug-likeness (QED) is 0.921. The summed E-state index contributed by atoms with van der Waals surface area (Å²) in [4.78, 5) is 0. The molecule has 0 unspecified atom stereocenters. The number of benzene rings is 1. The molecule has 1 fully saturated rings. The van der Waals surface area contributed by atoms with Gasteiger partial charge in [0.15, 0.2) is 0 Å². The highest BCUT2D eigenvalue weighted by Crippen LogP contribution is 2.28. The third-order valence-electron chi connectivity index (χ3n) is 4.12. The molecule has 1 aliphatic heterocycles. The van der Waals surface area contributed by atoms with Crippen LogP contribution in [0.15, 0.2) is 36.7 Å². The van der Waals surface area contributed by atoms with E-state index in [4.69, 9.17) is 9.47 Å². The lowest BCUT2D eigenvalue weighted by Crippen LogP contribution is -2.39. The van der Waals surface area contributed by atoms with E-state index < -0.39 is 0 Å². The summed E-state index contributed by atoms with van der Waals surface area (Å²) >= 11 is 0. The van der Waals surface area contributed by atoms with E-state index >= 15 is 0 Å². The number of para-hydroxylation sites is 1. The molecule has 118 valence electrons. The Labute approximate surface area is 131 Å². The monoisotopic (exact) mass is 301 g/mol. The van der Waals surface area contributed by atoms with Gasteiger partial charge in [-0.1, -0.05) is 18.2 Å². The smallest absolute Gasteiger partial charge is 0.123 e. The van der Waals surface area contributed by atoms with Gasteiger partial charge in [0.25, 0.3) is 0 Å². The van der Waals surface area contributed by atoms with Gasteiger partial charge in [-0.2, -0.15) is 5.10 Å². The number of rotatable bonds is 5. The maximum atomic E-state index is 5.99. The second kappa shape index (κ2) is 6.94. The number of methoxy groups -OCH3 is 1. The molecule has 2 heterocycles. The van der Waals surface area contributed by atoms with E-state index in [0.29, 0.717) is 6.04 Å². The van der Waals surface area contributed by atoms with Crippen molar-refractivity contribution in [3.05, 3.63) is 47.8 Å². The van der Waals surface area contributed by atoms with Gasteiger partial charge in [0.2, 0.25) is 0 Å². The van der Waals surface area contributed by atoms with E-state index in [1.807, 2.05) is 42.3 Å². The van der Waals surface area contributed by atoms with Crippen LogP contribution < -0.4 is 10.1 Å². The zero-order valence-corrected chi connectivity index (χ0v) is 13.2. The number of hydrogen-bond donors (Lipinski definition) is 1. The largest absolute Gasteiger partial charge is 0.496 e. The third kappa shape index (κ3) is 3.31. The fraction of sp³-hybridized carbons (Fsp3) is 0.471. The predicted molar refractivity (Wildman–Crippen MR) is 84.8 cm³/mol. The average molecular weight is 301 g/mol. The molecule has 1 N–H and O–H groups in total. The lowest BCUT2D eigenvalue weighted by Gasteiger charge is -2.32. The van der Waals surface area contributed by atoms with Gasteiger partial charge < -0.3 is 14.8 Å². The maximum Gasteiger partial charge on any atom is 0.123 e. The molecule has 22 heavy (non-hydrogen) atoms. The van der Waals surface area contributed by atoms with Gasteiger partial charge in [0.1, 0.15) is 11.9 Å². The number of aryl methyl sites for hydroxylation is 1. The molecule has 2 atom stereocenters. The summed E-state index contributed by atoms with van der Waals surface area (Å²) in [5.41, 5.74) is 2.31. The van der Waals surface area contributed by atoms with Crippen molar-refractivity contribution in [2.45, 2.75) is 31.5 Å². The van der Waals surface area contributed by atoms with Crippen molar-refractivity contribution in [3.8, 4) is 5.75 Å². The van der Waals surface area contributed by atoms with Gasteiger partial charge in [-0.05, 0) is 18.9 Å². The summed E-state index contributed by atoms with van der Waals surface area (Å²) in [6.07, 6.45) is 6.19.